The molecule has 0 aromatic carbocycles. The van der Waals surface area contributed by atoms with Gasteiger partial charge in [-0.3, -0.25) is 4.79 Å². The van der Waals surface area contributed by atoms with Gasteiger partial charge in [0.1, 0.15) is 0 Å². The van der Waals surface area contributed by atoms with Crippen LogP contribution in [0.25, 0.3) is 0 Å². The van der Waals surface area contributed by atoms with Gasteiger partial charge < -0.3 is 10.2 Å². The predicted octanol–water partition coefficient (Wildman–Crippen LogP) is 3.69. The van der Waals surface area contributed by atoms with Gasteiger partial charge in [0.25, 0.3) is 0 Å². The fourth-order valence-corrected chi connectivity index (χ4v) is 3.02. The molecule has 1 fully saturated rings. The smallest absolute Gasteiger partial charge is 0.222 e. The molecule has 1 N–H and O–H groups in total. The van der Waals surface area contributed by atoms with Crippen molar-refractivity contribution in [2.45, 2.75) is 73.3 Å². The van der Waals surface area contributed by atoms with Gasteiger partial charge in [-0.25, -0.2) is 0 Å². The SMILES string of the molecule is CC(CNC(C)(C)C)CN1CCC(C(C)(C)C)CCC1=O. The molecule has 0 aromatic heterocycles. The summed E-state index contributed by atoms with van der Waals surface area (Å²) in [5, 5.41) is 3.54. The van der Waals surface area contributed by atoms with Crippen molar-refractivity contribution in [3.8, 4) is 0 Å². The summed E-state index contributed by atoms with van der Waals surface area (Å²) in [6, 6.07) is 0. The minimum Gasteiger partial charge on any atom is -0.342 e. The first-order valence-corrected chi connectivity index (χ1v) is 8.52. The zero-order valence-corrected chi connectivity index (χ0v) is 15.3. The van der Waals surface area contributed by atoms with Gasteiger partial charge in [0.15, 0.2) is 0 Å². The molecule has 0 radical (unpaired) electrons. The average Bonchev–Trinajstić information content (AvgIpc) is 2.49. The Bertz CT molecular complexity index is 338. The van der Waals surface area contributed by atoms with Crippen LogP contribution in [0.4, 0.5) is 0 Å². The van der Waals surface area contributed by atoms with E-state index in [1.807, 2.05) is 0 Å². The number of nitrogens with zero attached hydrogens (tertiary/aromatic N) is 1. The molecule has 1 rings (SSSR count). The number of carbonyl (C=O) groups excluding carboxylic acids is 1. The van der Waals surface area contributed by atoms with Crippen molar-refractivity contribution in [2.24, 2.45) is 17.3 Å². The predicted molar refractivity (Wildman–Crippen MR) is 90.3 cm³/mol. The van der Waals surface area contributed by atoms with E-state index in [-0.39, 0.29) is 5.54 Å². The molecule has 0 aromatic rings. The highest BCUT2D eigenvalue weighted by Gasteiger charge is 2.30. The molecule has 1 heterocycles. The molecule has 0 saturated carbocycles. The largest absolute Gasteiger partial charge is 0.342 e. The van der Waals surface area contributed by atoms with Gasteiger partial charge in [-0.1, -0.05) is 27.7 Å². The van der Waals surface area contributed by atoms with Crippen LogP contribution in [0.2, 0.25) is 0 Å². The quantitative estimate of drug-likeness (QED) is 0.858. The second-order valence-electron chi connectivity index (χ2n) is 8.97. The first-order chi connectivity index (χ1) is 9.49. The molecule has 1 saturated heterocycles. The topological polar surface area (TPSA) is 32.3 Å². The third-order valence-electron chi connectivity index (χ3n) is 4.54. The van der Waals surface area contributed by atoms with Crippen LogP contribution in [0.1, 0.15) is 67.7 Å². The Kier molecular flexibility index (Phi) is 6.27. The second-order valence-corrected chi connectivity index (χ2v) is 8.97. The van der Waals surface area contributed by atoms with E-state index in [0.29, 0.717) is 23.2 Å². The summed E-state index contributed by atoms with van der Waals surface area (Å²) in [5.74, 6) is 1.51. The van der Waals surface area contributed by atoms with Gasteiger partial charge in [-0.2, -0.15) is 0 Å². The Hall–Kier alpha value is -0.570. The third kappa shape index (κ3) is 6.82. The van der Waals surface area contributed by atoms with Crippen LogP contribution in [0.3, 0.4) is 0 Å². The molecule has 0 bridgehead atoms. The van der Waals surface area contributed by atoms with Crippen molar-refractivity contribution < 1.29 is 4.79 Å². The number of likely N-dealkylation sites (tertiary alicyclic amines) is 1. The molecule has 0 aliphatic carbocycles. The van der Waals surface area contributed by atoms with Crippen LogP contribution < -0.4 is 5.32 Å². The number of hydrogen-bond donors (Lipinski definition) is 1. The standard InChI is InChI=1S/C18H36N2O/c1-14(12-19-18(5,6)7)13-20-11-10-15(17(2,3)4)8-9-16(20)21/h14-15,19H,8-13H2,1-7H3. The zero-order valence-electron chi connectivity index (χ0n) is 15.3. The number of rotatable bonds is 4. The second kappa shape index (κ2) is 7.13. The number of nitrogens with one attached hydrogen (secondary N) is 1. The van der Waals surface area contributed by atoms with E-state index >= 15 is 0 Å². The Morgan fingerprint density at radius 1 is 1.19 bits per heavy atom. The molecule has 2 unspecified atom stereocenters. The molecular weight excluding hydrogens is 260 g/mol. The lowest BCUT2D eigenvalue weighted by Gasteiger charge is -2.30. The summed E-state index contributed by atoms with van der Waals surface area (Å²) in [6.07, 6.45) is 2.92. The molecule has 3 heteroatoms. The van der Waals surface area contributed by atoms with E-state index < -0.39 is 0 Å². The van der Waals surface area contributed by atoms with E-state index in [2.05, 4.69) is 58.7 Å². The van der Waals surface area contributed by atoms with E-state index in [4.69, 9.17) is 0 Å². The molecule has 1 amide bonds. The molecule has 3 nitrogen and oxygen atoms in total. The van der Waals surface area contributed by atoms with Crippen molar-refractivity contribution in [3.05, 3.63) is 0 Å². The highest BCUT2D eigenvalue weighted by atomic mass is 16.2. The van der Waals surface area contributed by atoms with E-state index in [0.717, 1.165) is 38.9 Å². The van der Waals surface area contributed by atoms with E-state index in [9.17, 15) is 4.79 Å². The van der Waals surface area contributed by atoms with Crippen LogP contribution in [0.5, 0.6) is 0 Å². The van der Waals surface area contributed by atoms with Crippen molar-refractivity contribution in [3.63, 3.8) is 0 Å². The highest BCUT2D eigenvalue weighted by Crippen LogP contribution is 2.34. The summed E-state index contributed by atoms with van der Waals surface area (Å²) in [6.45, 7) is 18.5. The van der Waals surface area contributed by atoms with Crippen LogP contribution in [0.15, 0.2) is 0 Å². The van der Waals surface area contributed by atoms with E-state index in [1.165, 1.54) is 0 Å². The van der Waals surface area contributed by atoms with Gasteiger partial charge in [-0.15, -0.1) is 0 Å². The fraction of sp³-hybridized carbons (Fsp3) is 0.944. The molecule has 0 spiro atoms. The first-order valence-electron chi connectivity index (χ1n) is 8.52. The summed E-state index contributed by atoms with van der Waals surface area (Å²) in [5.41, 5.74) is 0.462. The lowest BCUT2D eigenvalue weighted by atomic mass is 9.77. The number of carbonyl (C=O) groups is 1. The van der Waals surface area contributed by atoms with Gasteiger partial charge in [-0.05, 0) is 57.4 Å². The zero-order chi connectivity index (χ0) is 16.3. The van der Waals surface area contributed by atoms with Crippen LogP contribution in [0, 0.1) is 17.3 Å². The van der Waals surface area contributed by atoms with Gasteiger partial charge in [0.05, 0.1) is 0 Å². The molecule has 124 valence electrons. The first kappa shape index (κ1) is 18.5. The summed E-state index contributed by atoms with van der Waals surface area (Å²) in [4.78, 5) is 14.4. The van der Waals surface area contributed by atoms with Gasteiger partial charge >= 0.3 is 0 Å². The van der Waals surface area contributed by atoms with Crippen molar-refractivity contribution >= 4 is 5.91 Å². The average molecular weight is 296 g/mol. The Morgan fingerprint density at radius 3 is 2.33 bits per heavy atom. The minimum absolute atomic E-state index is 0.147. The highest BCUT2D eigenvalue weighted by molar-refractivity contribution is 5.76. The number of hydrogen-bond acceptors (Lipinski definition) is 2. The Labute approximate surface area is 131 Å². The summed E-state index contributed by atoms with van der Waals surface area (Å²) >= 11 is 0. The van der Waals surface area contributed by atoms with E-state index in [1.54, 1.807) is 0 Å². The number of amides is 1. The minimum atomic E-state index is 0.147. The molecule has 1 aliphatic heterocycles. The maximum atomic E-state index is 12.3. The van der Waals surface area contributed by atoms with Gasteiger partial charge in [0, 0.05) is 25.0 Å². The van der Waals surface area contributed by atoms with Gasteiger partial charge in [0.2, 0.25) is 5.91 Å². The van der Waals surface area contributed by atoms with Crippen molar-refractivity contribution in [1.82, 2.24) is 10.2 Å². The lowest BCUT2D eigenvalue weighted by molar-refractivity contribution is -0.131. The monoisotopic (exact) mass is 296 g/mol. The Balaban J connectivity index is 2.49. The molecular formula is C18H36N2O. The lowest BCUT2D eigenvalue weighted by Crippen LogP contribution is -2.42. The maximum Gasteiger partial charge on any atom is 0.222 e. The molecule has 1 aliphatic rings. The third-order valence-corrected chi connectivity index (χ3v) is 4.54. The summed E-state index contributed by atoms with van der Waals surface area (Å²) in [7, 11) is 0. The molecule has 2 atom stereocenters. The van der Waals surface area contributed by atoms with Crippen molar-refractivity contribution in [2.75, 3.05) is 19.6 Å². The Morgan fingerprint density at radius 2 is 1.81 bits per heavy atom. The van der Waals surface area contributed by atoms with Crippen LogP contribution >= 0.6 is 0 Å². The van der Waals surface area contributed by atoms with Crippen LogP contribution in [-0.2, 0) is 4.79 Å². The summed E-state index contributed by atoms with van der Waals surface area (Å²) < 4.78 is 0. The van der Waals surface area contributed by atoms with Crippen LogP contribution in [-0.4, -0.2) is 36.0 Å². The maximum absolute atomic E-state index is 12.3. The van der Waals surface area contributed by atoms with Crippen molar-refractivity contribution in [1.29, 1.82) is 0 Å². The fourth-order valence-electron chi connectivity index (χ4n) is 3.02. The normalized spacial score (nSPS) is 23.1. The molecule has 21 heavy (non-hydrogen) atoms.